The summed E-state index contributed by atoms with van der Waals surface area (Å²) in [6.07, 6.45) is -0.849. The first-order valence-electron chi connectivity index (χ1n) is 6.85. The summed E-state index contributed by atoms with van der Waals surface area (Å²) < 4.78 is 5.13. The Balaban J connectivity index is 1.88. The number of para-hydroxylation sites is 1. The molecule has 2 rings (SSSR count). The topological polar surface area (TPSA) is 55.4 Å². The van der Waals surface area contributed by atoms with Crippen molar-refractivity contribution in [1.29, 1.82) is 0 Å². The molecule has 1 amide bonds. The van der Waals surface area contributed by atoms with Gasteiger partial charge in [-0.2, -0.15) is 0 Å². The van der Waals surface area contributed by atoms with Crippen molar-refractivity contribution in [3.63, 3.8) is 0 Å². The van der Waals surface area contributed by atoms with Gasteiger partial charge in [0.05, 0.1) is 6.42 Å². The van der Waals surface area contributed by atoms with Crippen molar-refractivity contribution in [2.24, 2.45) is 0 Å². The molecule has 2 aromatic rings. The van der Waals surface area contributed by atoms with E-state index in [1.54, 1.807) is 36.4 Å². The number of nitrogens with one attached hydrogen (secondary N) is 1. The zero-order chi connectivity index (χ0) is 15.9. The zero-order valence-electron chi connectivity index (χ0n) is 12.1. The second kappa shape index (κ2) is 7.61. The Morgan fingerprint density at radius 2 is 1.73 bits per heavy atom. The molecule has 1 atom stereocenters. The Hall–Kier alpha value is -2.33. The average molecular weight is 318 g/mol. The van der Waals surface area contributed by atoms with Gasteiger partial charge in [-0.3, -0.25) is 9.59 Å². The molecule has 114 valence electrons. The van der Waals surface area contributed by atoms with Gasteiger partial charge < -0.3 is 10.1 Å². The number of hydrogen-bond acceptors (Lipinski definition) is 3. The van der Waals surface area contributed by atoms with Gasteiger partial charge in [-0.15, -0.1) is 0 Å². The lowest BCUT2D eigenvalue weighted by Crippen LogP contribution is -2.30. The van der Waals surface area contributed by atoms with E-state index in [0.29, 0.717) is 16.3 Å². The molecular weight excluding hydrogens is 302 g/mol. The van der Waals surface area contributed by atoms with Gasteiger partial charge in [0, 0.05) is 10.7 Å². The van der Waals surface area contributed by atoms with Crippen molar-refractivity contribution >= 4 is 29.2 Å². The highest BCUT2D eigenvalue weighted by molar-refractivity contribution is 6.31. The molecule has 22 heavy (non-hydrogen) atoms. The van der Waals surface area contributed by atoms with Crippen LogP contribution in [0.25, 0.3) is 0 Å². The molecule has 0 heterocycles. The third-order valence-corrected chi connectivity index (χ3v) is 3.38. The van der Waals surface area contributed by atoms with E-state index in [9.17, 15) is 9.59 Å². The summed E-state index contributed by atoms with van der Waals surface area (Å²) in [6.45, 7) is 1.53. The number of ether oxygens (including phenoxy) is 1. The van der Waals surface area contributed by atoms with Gasteiger partial charge in [-0.25, -0.2) is 0 Å². The molecule has 0 aliphatic rings. The van der Waals surface area contributed by atoms with Gasteiger partial charge in [-0.05, 0) is 30.7 Å². The molecule has 0 saturated heterocycles. The third kappa shape index (κ3) is 4.60. The molecule has 0 saturated carbocycles. The predicted octanol–water partition coefficient (Wildman–Crippen LogP) is 3.45. The quantitative estimate of drug-likeness (QED) is 0.859. The monoisotopic (exact) mass is 317 g/mol. The van der Waals surface area contributed by atoms with E-state index in [-0.39, 0.29) is 12.3 Å². The Morgan fingerprint density at radius 3 is 2.41 bits per heavy atom. The van der Waals surface area contributed by atoms with Crippen LogP contribution in [-0.2, 0) is 20.7 Å². The first-order chi connectivity index (χ1) is 10.6. The van der Waals surface area contributed by atoms with Crippen LogP contribution in [0.4, 0.5) is 5.69 Å². The fourth-order valence-electron chi connectivity index (χ4n) is 1.85. The number of carbonyl (C=O) groups excluding carboxylic acids is 2. The van der Waals surface area contributed by atoms with E-state index in [1.165, 1.54) is 6.92 Å². The van der Waals surface area contributed by atoms with Crippen LogP contribution in [0.1, 0.15) is 12.5 Å². The van der Waals surface area contributed by atoms with Gasteiger partial charge in [0.1, 0.15) is 0 Å². The largest absolute Gasteiger partial charge is 0.452 e. The minimum absolute atomic E-state index is 0.0304. The molecule has 0 unspecified atom stereocenters. The lowest BCUT2D eigenvalue weighted by atomic mass is 10.1. The maximum atomic E-state index is 12.0. The normalized spacial score (nSPS) is 11.5. The second-order valence-corrected chi connectivity index (χ2v) is 5.16. The van der Waals surface area contributed by atoms with Crippen LogP contribution >= 0.6 is 11.6 Å². The minimum atomic E-state index is -0.879. The van der Waals surface area contributed by atoms with Crippen LogP contribution in [-0.4, -0.2) is 18.0 Å². The Labute approximate surface area is 134 Å². The number of anilines is 1. The molecule has 5 heteroatoms. The van der Waals surface area contributed by atoms with Crippen LogP contribution in [0.3, 0.4) is 0 Å². The molecule has 0 aromatic heterocycles. The van der Waals surface area contributed by atoms with Crippen LogP contribution in [0.2, 0.25) is 5.02 Å². The molecule has 0 spiro atoms. The first-order valence-corrected chi connectivity index (χ1v) is 7.23. The Kier molecular flexibility index (Phi) is 5.55. The summed E-state index contributed by atoms with van der Waals surface area (Å²) >= 11 is 5.99. The van der Waals surface area contributed by atoms with E-state index in [1.807, 2.05) is 18.2 Å². The van der Waals surface area contributed by atoms with Gasteiger partial charge in [0.15, 0.2) is 6.10 Å². The number of carbonyl (C=O) groups is 2. The summed E-state index contributed by atoms with van der Waals surface area (Å²) in [6, 6.07) is 16.0. The van der Waals surface area contributed by atoms with Crippen molar-refractivity contribution in [2.45, 2.75) is 19.4 Å². The maximum Gasteiger partial charge on any atom is 0.311 e. The number of rotatable bonds is 5. The molecule has 4 nitrogen and oxygen atoms in total. The predicted molar refractivity (Wildman–Crippen MR) is 85.8 cm³/mol. The van der Waals surface area contributed by atoms with Crippen molar-refractivity contribution in [3.8, 4) is 0 Å². The average Bonchev–Trinajstić information content (AvgIpc) is 2.50. The highest BCUT2D eigenvalue weighted by Gasteiger charge is 2.18. The number of amides is 1. The molecule has 0 bridgehead atoms. The van der Waals surface area contributed by atoms with Crippen LogP contribution < -0.4 is 5.32 Å². The summed E-state index contributed by atoms with van der Waals surface area (Å²) in [7, 11) is 0. The summed E-state index contributed by atoms with van der Waals surface area (Å²) in [5.74, 6) is -0.873. The molecule has 0 aliphatic carbocycles. The number of halogens is 1. The van der Waals surface area contributed by atoms with Crippen LogP contribution in [0.15, 0.2) is 54.6 Å². The Morgan fingerprint density at radius 1 is 1.09 bits per heavy atom. The lowest BCUT2D eigenvalue weighted by molar-refractivity contribution is -0.152. The third-order valence-electron chi connectivity index (χ3n) is 3.01. The molecule has 0 radical (unpaired) electrons. The maximum absolute atomic E-state index is 12.0. The number of esters is 1. The highest BCUT2D eigenvalue weighted by atomic mass is 35.5. The van der Waals surface area contributed by atoms with Crippen molar-refractivity contribution in [3.05, 3.63) is 65.2 Å². The Bertz CT molecular complexity index is 658. The van der Waals surface area contributed by atoms with Gasteiger partial charge in [0.25, 0.3) is 5.91 Å². The molecule has 0 aliphatic heterocycles. The van der Waals surface area contributed by atoms with E-state index in [2.05, 4.69) is 5.32 Å². The van der Waals surface area contributed by atoms with Crippen LogP contribution in [0, 0.1) is 0 Å². The summed E-state index contributed by atoms with van der Waals surface area (Å²) in [5.41, 5.74) is 1.33. The fraction of sp³-hybridized carbons (Fsp3) is 0.176. The first kappa shape index (κ1) is 16.0. The van der Waals surface area contributed by atoms with Crippen LogP contribution in [0.5, 0.6) is 0 Å². The minimum Gasteiger partial charge on any atom is -0.452 e. The van der Waals surface area contributed by atoms with E-state index in [4.69, 9.17) is 16.3 Å². The number of hydrogen-bond donors (Lipinski definition) is 1. The fourth-order valence-corrected chi connectivity index (χ4v) is 2.06. The molecule has 2 aromatic carbocycles. The van der Waals surface area contributed by atoms with E-state index >= 15 is 0 Å². The van der Waals surface area contributed by atoms with Gasteiger partial charge >= 0.3 is 5.97 Å². The van der Waals surface area contributed by atoms with Crippen molar-refractivity contribution < 1.29 is 14.3 Å². The van der Waals surface area contributed by atoms with Gasteiger partial charge in [0.2, 0.25) is 0 Å². The summed E-state index contributed by atoms with van der Waals surface area (Å²) in [5, 5.41) is 3.18. The SMILES string of the molecule is C[C@@H](OC(=O)Cc1ccccc1Cl)C(=O)Nc1ccccc1. The van der Waals surface area contributed by atoms with Gasteiger partial charge in [-0.1, -0.05) is 48.0 Å². The number of benzene rings is 2. The standard InChI is InChI=1S/C17H16ClNO3/c1-12(17(21)19-14-8-3-2-4-9-14)22-16(20)11-13-7-5-6-10-15(13)18/h2-10,12H,11H2,1H3,(H,19,21)/t12-/m1/s1. The smallest absolute Gasteiger partial charge is 0.311 e. The lowest BCUT2D eigenvalue weighted by Gasteiger charge is -2.13. The molecule has 1 N–H and O–H groups in total. The van der Waals surface area contributed by atoms with Crippen molar-refractivity contribution in [1.82, 2.24) is 0 Å². The zero-order valence-corrected chi connectivity index (χ0v) is 12.8. The van der Waals surface area contributed by atoms with E-state index in [0.717, 1.165) is 0 Å². The van der Waals surface area contributed by atoms with Crippen molar-refractivity contribution in [2.75, 3.05) is 5.32 Å². The molecule has 0 fully saturated rings. The molecular formula is C17H16ClNO3. The second-order valence-electron chi connectivity index (χ2n) is 4.76. The summed E-state index contributed by atoms with van der Waals surface area (Å²) in [4.78, 5) is 23.8. The van der Waals surface area contributed by atoms with E-state index < -0.39 is 12.1 Å². The highest BCUT2D eigenvalue weighted by Crippen LogP contribution is 2.16.